The lowest BCUT2D eigenvalue weighted by Crippen LogP contribution is -2.34. The summed E-state index contributed by atoms with van der Waals surface area (Å²) >= 11 is 0. The standard InChI is InChI=1S/C18H19BO2/c20-19(21)17-10-9-15-14-8-4-3-7-13(14)11-16(15)18(17)12-5-1-2-6-12/h3-4,7-10,12,20-21H,1-2,5-6,11H2. The van der Waals surface area contributed by atoms with E-state index in [4.69, 9.17) is 0 Å². The summed E-state index contributed by atoms with van der Waals surface area (Å²) in [6, 6.07) is 12.5. The smallest absolute Gasteiger partial charge is 0.423 e. The Balaban J connectivity index is 1.92. The van der Waals surface area contributed by atoms with Gasteiger partial charge in [0.25, 0.3) is 0 Å². The minimum atomic E-state index is -1.37. The molecule has 0 aliphatic heterocycles. The molecule has 1 saturated carbocycles. The quantitative estimate of drug-likeness (QED) is 0.707. The first-order valence-corrected chi connectivity index (χ1v) is 7.86. The van der Waals surface area contributed by atoms with Crippen LogP contribution in [0.2, 0.25) is 0 Å². The molecule has 4 rings (SSSR count). The first kappa shape index (κ1) is 13.1. The maximum atomic E-state index is 9.77. The summed E-state index contributed by atoms with van der Waals surface area (Å²) < 4.78 is 0. The molecule has 2 aromatic carbocycles. The molecule has 2 aliphatic carbocycles. The molecule has 106 valence electrons. The third-order valence-electron chi connectivity index (χ3n) is 5.11. The van der Waals surface area contributed by atoms with E-state index in [1.807, 2.05) is 6.07 Å². The molecular formula is C18H19BO2. The third-order valence-corrected chi connectivity index (χ3v) is 5.11. The van der Waals surface area contributed by atoms with Crippen molar-refractivity contribution in [2.24, 2.45) is 0 Å². The molecule has 0 bridgehead atoms. The topological polar surface area (TPSA) is 40.5 Å². The van der Waals surface area contributed by atoms with Crippen LogP contribution >= 0.6 is 0 Å². The van der Waals surface area contributed by atoms with Gasteiger partial charge in [-0.05, 0) is 58.5 Å². The summed E-state index contributed by atoms with van der Waals surface area (Å²) in [6.45, 7) is 0. The Morgan fingerprint density at radius 1 is 0.905 bits per heavy atom. The van der Waals surface area contributed by atoms with E-state index >= 15 is 0 Å². The zero-order valence-electron chi connectivity index (χ0n) is 12.0. The maximum absolute atomic E-state index is 9.77. The van der Waals surface area contributed by atoms with Gasteiger partial charge in [0.05, 0.1) is 0 Å². The van der Waals surface area contributed by atoms with Crippen molar-refractivity contribution >= 4 is 12.6 Å². The molecule has 2 N–H and O–H groups in total. The molecule has 1 fully saturated rings. The number of hydrogen-bond acceptors (Lipinski definition) is 2. The van der Waals surface area contributed by atoms with E-state index in [1.165, 1.54) is 53.5 Å². The number of benzene rings is 2. The van der Waals surface area contributed by atoms with Crippen molar-refractivity contribution in [2.45, 2.75) is 38.0 Å². The Bertz CT molecular complexity index is 688. The van der Waals surface area contributed by atoms with Crippen molar-refractivity contribution in [2.75, 3.05) is 0 Å². The van der Waals surface area contributed by atoms with Crippen LogP contribution in [0.5, 0.6) is 0 Å². The van der Waals surface area contributed by atoms with Crippen LogP contribution < -0.4 is 5.46 Å². The lowest BCUT2D eigenvalue weighted by molar-refractivity contribution is 0.425. The van der Waals surface area contributed by atoms with Gasteiger partial charge in [0, 0.05) is 0 Å². The second kappa shape index (κ2) is 5.01. The largest absolute Gasteiger partial charge is 0.488 e. The van der Waals surface area contributed by atoms with Crippen molar-refractivity contribution in [1.29, 1.82) is 0 Å². The summed E-state index contributed by atoms with van der Waals surface area (Å²) in [6.07, 6.45) is 5.78. The van der Waals surface area contributed by atoms with Crippen molar-refractivity contribution in [3.8, 4) is 11.1 Å². The summed E-state index contributed by atoms with van der Waals surface area (Å²) in [5.74, 6) is 0.492. The van der Waals surface area contributed by atoms with Crippen LogP contribution in [0.1, 0.15) is 48.3 Å². The highest BCUT2D eigenvalue weighted by Gasteiger charge is 2.31. The predicted octanol–water partition coefficient (Wildman–Crippen LogP) is 2.60. The van der Waals surface area contributed by atoms with E-state index < -0.39 is 7.12 Å². The Morgan fingerprint density at radius 3 is 2.43 bits per heavy atom. The van der Waals surface area contributed by atoms with Gasteiger partial charge in [0.2, 0.25) is 0 Å². The third kappa shape index (κ3) is 2.03. The van der Waals surface area contributed by atoms with Crippen LogP contribution in [0.15, 0.2) is 36.4 Å². The highest BCUT2D eigenvalue weighted by molar-refractivity contribution is 6.59. The molecule has 0 amide bonds. The first-order valence-electron chi connectivity index (χ1n) is 7.86. The molecule has 2 aliphatic rings. The Labute approximate surface area is 125 Å². The van der Waals surface area contributed by atoms with Gasteiger partial charge in [0.15, 0.2) is 0 Å². The van der Waals surface area contributed by atoms with Crippen LogP contribution in [0.3, 0.4) is 0 Å². The van der Waals surface area contributed by atoms with Gasteiger partial charge >= 0.3 is 7.12 Å². The van der Waals surface area contributed by atoms with E-state index in [9.17, 15) is 10.0 Å². The van der Waals surface area contributed by atoms with Crippen LogP contribution in [-0.4, -0.2) is 17.2 Å². The minimum absolute atomic E-state index is 0.492. The van der Waals surface area contributed by atoms with Crippen molar-refractivity contribution in [3.63, 3.8) is 0 Å². The van der Waals surface area contributed by atoms with E-state index in [2.05, 4.69) is 30.3 Å². The second-order valence-electron chi connectivity index (χ2n) is 6.28. The lowest BCUT2D eigenvalue weighted by Gasteiger charge is -2.20. The zero-order chi connectivity index (χ0) is 14.4. The van der Waals surface area contributed by atoms with E-state index in [1.54, 1.807) is 0 Å². The Hall–Kier alpha value is -1.58. The highest BCUT2D eigenvalue weighted by atomic mass is 16.4. The van der Waals surface area contributed by atoms with Crippen LogP contribution in [0.4, 0.5) is 0 Å². The fourth-order valence-corrected chi connectivity index (χ4v) is 4.17. The molecular weight excluding hydrogens is 259 g/mol. The van der Waals surface area contributed by atoms with Crippen molar-refractivity contribution in [1.82, 2.24) is 0 Å². The molecule has 0 unspecified atom stereocenters. The number of rotatable bonds is 2. The maximum Gasteiger partial charge on any atom is 0.488 e. The fraction of sp³-hybridized carbons (Fsp3) is 0.333. The molecule has 2 aromatic rings. The van der Waals surface area contributed by atoms with Crippen molar-refractivity contribution < 1.29 is 10.0 Å². The second-order valence-corrected chi connectivity index (χ2v) is 6.28. The fourth-order valence-electron chi connectivity index (χ4n) is 4.17. The summed E-state index contributed by atoms with van der Waals surface area (Å²) in [5.41, 5.74) is 7.22. The normalized spacial score (nSPS) is 16.9. The SMILES string of the molecule is OB(O)c1ccc2c(c1C1CCCC1)Cc1ccccc1-2. The van der Waals surface area contributed by atoms with Gasteiger partial charge < -0.3 is 10.0 Å². The molecule has 0 saturated heterocycles. The molecule has 0 heterocycles. The monoisotopic (exact) mass is 278 g/mol. The van der Waals surface area contributed by atoms with Crippen LogP contribution in [-0.2, 0) is 6.42 Å². The minimum Gasteiger partial charge on any atom is -0.423 e. The highest BCUT2D eigenvalue weighted by Crippen LogP contribution is 2.43. The van der Waals surface area contributed by atoms with Gasteiger partial charge in [-0.3, -0.25) is 0 Å². The predicted molar refractivity (Wildman–Crippen MR) is 85.7 cm³/mol. The van der Waals surface area contributed by atoms with E-state index in [-0.39, 0.29) is 0 Å². The molecule has 0 aromatic heterocycles. The average Bonchev–Trinajstić information content (AvgIpc) is 3.13. The number of fused-ring (bicyclic) bond motifs is 3. The van der Waals surface area contributed by atoms with Gasteiger partial charge in [-0.1, -0.05) is 49.2 Å². The van der Waals surface area contributed by atoms with Gasteiger partial charge in [-0.2, -0.15) is 0 Å². The molecule has 0 spiro atoms. The molecule has 21 heavy (non-hydrogen) atoms. The van der Waals surface area contributed by atoms with E-state index in [0.29, 0.717) is 11.4 Å². The van der Waals surface area contributed by atoms with Crippen molar-refractivity contribution in [3.05, 3.63) is 53.1 Å². The summed E-state index contributed by atoms with van der Waals surface area (Å²) in [7, 11) is -1.37. The lowest BCUT2D eigenvalue weighted by atomic mass is 9.71. The molecule has 0 radical (unpaired) electrons. The zero-order valence-corrected chi connectivity index (χ0v) is 12.0. The Kier molecular flexibility index (Phi) is 3.13. The first-order chi connectivity index (χ1) is 10.3. The van der Waals surface area contributed by atoms with Gasteiger partial charge in [-0.25, -0.2) is 0 Å². The van der Waals surface area contributed by atoms with E-state index in [0.717, 1.165) is 6.42 Å². The molecule has 2 nitrogen and oxygen atoms in total. The number of hydrogen-bond donors (Lipinski definition) is 2. The molecule has 0 atom stereocenters. The van der Waals surface area contributed by atoms with Gasteiger partial charge in [0.1, 0.15) is 0 Å². The van der Waals surface area contributed by atoms with Crippen LogP contribution in [0.25, 0.3) is 11.1 Å². The molecule has 3 heteroatoms. The average molecular weight is 278 g/mol. The summed E-state index contributed by atoms with van der Waals surface area (Å²) in [4.78, 5) is 0. The van der Waals surface area contributed by atoms with Gasteiger partial charge in [-0.15, -0.1) is 0 Å². The van der Waals surface area contributed by atoms with Crippen LogP contribution in [0, 0.1) is 0 Å². The Morgan fingerprint density at radius 2 is 1.67 bits per heavy atom. The summed E-state index contributed by atoms with van der Waals surface area (Å²) in [5, 5.41) is 19.5.